The third kappa shape index (κ3) is 7.80. The number of carbonyl (C=O) groups is 2. The van der Waals surface area contributed by atoms with Crippen molar-refractivity contribution in [2.75, 3.05) is 9.80 Å². The van der Waals surface area contributed by atoms with Gasteiger partial charge in [0.15, 0.2) is 0 Å². The van der Waals surface area contributed by atoms with Crippen molar-refractivity contribution in [2.45, 2.75) is 9.79 Å². The molecule has 6 aromatic rings. The van der Waals surface area contributed by atoms with Crippen LogP contribution in [0, 0.1) is 0 Å². The van der Waals surface area contributed by atoms with E-state index in [1.807, 2.05) is 94.7 Å². The van der Waals surface area contributed by atoms with Crippen molar-refractivity contribution >= 4 is 55.9 Å². The predicted molar refractivity (Wildman–Crippen MR) is 199 cm³/mol. The number of hydrogen-bond donors (Lipinski definition) is 0. The smallest absolute Gasteiger partial charge is 0.335 e. The minimum absolute atomic E-state index is 0.142. The number of benzene rings is 6. The summed E-state index contributed by atoms with van der Waals surface area (Å²) in [4.78, 5) is 27.5. The number of ether oxygens (including phenoxy) is 2. The van der Waals surface area contributed by atoms with Gasteiger partial charge in [-0.15, -0.1) is 0 Å². The van der Waals surface area contributed by atoms with Crippen molar-refractivity contribution in [3.05, 3.63) is 183 Å². The van der Waals surface area contributed by atoms with Gasteiger partial charge in [-0.3, -0.25) is 0 Å². The Labute approximate surface area is 296 Å². The van der Waals surface area contributed by atoms with Gasteiger partial charge in [-0.1, -0.05) is 49.6 Å². The molecule has 0 amide bonds. The van der Waals surface area contributed by atoms with Crippen LogP contribution in [0.2, 0.25) is 0 Å². The molecule has 0 heterocycles. The molecule has 6 aromatic carbocycles. The molecule has 0 unspecified atom stereocenters. The first-order chi connectivity index (χ1) is 24.8. The second-order valence-electron chi connectivity index (χ2n) is 11.1. The second kappa shape index (κ2) is 15.2. The lowest BCUT2D eigenvalue weighted by atomic mass is 10.2. The highest BCUT2D eigenvalue weighted by atomic mass is 32.2. The summed E-state index contributed by atoms with van der Waals surface area (Å²) in [5, 5.41) is 0. The minimum Gasteiger partial charge on any atom is -0.423 e. The number of anilines is 6. The monoisotopic (exact) mass is 692 g/mol. The molecule has 0 radical (unpaired) electrons. The molecule has 51 heavy (non-hydrogen) atoms. The predicted octanol–water partition coefficient (Wildman–Crippen LogP) is 9.64. The van der Waals surface area contributed by atoms with E-state index in [9.17, 15) is 18.0 Å². The Balaban J connectivity index is 1.28. The van der Waals surface area contributed by atoms with Crippen molar-refractivity contribution in [1.29, 1.82) is 0 Å². The SMILES string of the molecule is C=CC(=O)Oc1ccc(N(c2ccccc2)c2ccc(S(=O)(=O)c3ccc(N(c4ccccc4)c4ccc(OC(=O)C=C)cc4)cc3)cc2)cc1. The molecule has 252 valence electrons. The van der Waals surface area contributed by atoms with Crippen LogP contribution in [-0.4, -0.2) is 20.4 Å². The normalized spacial score (nSPS) is 10.8. The number of esters is 2. The van der Waals surface area contributed by atoms with Gasteiger partial charge in [0.05, 0.1) is 9.79 Å². The zero-order valence-electron chi connectivity index (χ0n) is 27.3. The number of hydrogen-bond acceptors (Lipinski definition) is 8. The lowest BCUT2D eigenvalue weighted by Crippen LogP contribution is -2.11. The standard InChI is InChI=1S/C42H32N2O6S/c1-3-41(45)49-37-23-15-33(16-24-37)43(31-11-7-5-8-12-31)35-19-27-39(28-20-35)51(47,48)40-29-21-36(22-30-40)44(32-13-9-6-10-14-32)34-17-25-38(26-18-34)50-42(46)4-2/h3-30H,1-2H2. The van der Waals surface area contributed by atoms with Gasteiger partial charge >= 0.3 is 11.9 Å². The van der Waals surface area contributed by atoms with Gasteiger partial charge in [0.25, 0.3) is 0 Å². The first kappa shape index (κ1) is 34.2. The third-order valence-corrected chi connectivity index (χ3v) is 9.58. The highest BCUT2D eigenvalue weighted by molar-refractivity contribution is 7.91. The molecule has 8 nitrogen and oxygen atoms in total. The third-order valence-electron chi connectivity index (χ3n) is 7.80. The molecule has 0 atom stereocenters. The van der Waals surface area contributed by atoms with Crippen LogP contribution in [-0.2, 0) is 19.4 Å². The van der Waals surface area contributed by atoms with E-state index in [4.69, 9.17) is 9.47 Å². The van der Waals surface area contributed by atoms with E-state index in [-0.39, 0.29) is 9.79 Å². The van der Waals surface area contributed by atoms with Crippen LogP contribution in [0.5, 0.6) is 11.5 Å². The minimum atomic E-state index is -3.87. The second-order valence-corrected chi connectivity index (χ2v) is 13.0. The van der Waals surface area contributed by atoms with Crippen molar-refractivity contribution < 1.29 is 27.5 Å². The highest BCUT2D eigenvalue weighted by Crippen LogP contribution is 2.38. The summed E-state index contributed by atoms with van der Waals surface area (Å²) in [6.45, 7) is 6.86. The van der Waals surface area contributed by atoms with Crippen LogP contribution in [0.1, 0.15) is 0 Å². The summed E-state index contributed by atoms with van der Waals surface area (Å²) in [7, 11) is -3.87. The molecule has 0 aliphatic carbocycles. The molecule has 0 spiro atoms. The van der Waals surface area contributed by atoms with Crippen LogP contribution in [0.3, 0.4) is 0 Å². The van der Waals surface area contributed by atoms with Crippen LogP contribution < -0.4 is 19.3 Å². The lowest BCUT2D eigenvalue weighted by Gasteiger charge is -2.26. The molecule has 0 aliphatic rings. The summed E-state index contributed by atoms with van der Waals surface area (Å²) in [5.41, 5.74) is 4.73. The molecule has 0 fully saturated rings. The quantitative estimate of drug-likeness (QED) is 0.0711. The van der Waals surface area contributed by atoms with E-state index in [2.05, 4.69) is 13.2 Å². The summed E-state index contributed by atoms with van der Waals surface area (Å²) < 4.78 is 38.2. The fraction of sp³-hybridized carbons (Fsp3) is 0. The summed E-state index contributed by atoms with van der Waals surface area (Å²) in [5.74, 6) is -0.355. The zero-order chi connectivity index (χ0) is 35.8. The number of nitrogens with zero attached hydrogens (tertiary/aromatic N) is 2. The van der Waals surface area contributed by atoms with Crippen molar-refractivity contribution in [3.8, 4) is 11.5 Å². The number of rotatable bonds is 12. The van der Waals surface area contributed by atoms with Gasteiger partial charge in [0.1, 0.15) is 11.5 Å². The fourth-order valence-electron chi connectivity index (χ4n) is 5.38. The van der Waals surface area contributed by atoms with Gasteiger partial charge in [-0.25, -0.2) is 18.0 Å². The lowest BCUT2D eigenvalue weighted by molar-refractivity contribution is -0.129. The van der Waals surface area contributed by atoms with E-state index in [1.165, 1.54) is 0 Å². The van der Waals surface area contributed by atoms with Crippen LogP contribution >= 0.6 is 0 Å². The van der Waals surface area contributed by atoms with Crippen LogP contribution in [0.4, 0.5) is 34.1 Å². The molecule has 0 N–H and O–H groups in total. The maximum Gasteiger partial charge on any atom is 0.335 e. The van der Waals surface area contributed by atoms with E-state index >= 15 is 0 Å². The average Bonchev–Trinajstić information content (AvgIpc) is 3.17. The van der Waals surface area contributed by atoms with E-state index in [0.29, 0.717) is 11.5 Å². The highest BCUT2D eigenvalue weighted by Gasteiger charge is 2.21. The topological polar surface area (TPSA) is 93.2 Å². The number of sulfone groups is 1. The molecular weight excluding hydrogens is 661 g/mol. The zero-order valence-corrected chi connectivity index (χ0v) is 28.1. The molecule has 0 bridgehead atoms. The van der Waals surface area contributed by atoms with Crippen molar-refractivity contribution in [2.24, 2.45) is 0 Å². The Kier molecular flexibility index (Phi) is 10.2. The molecule has 6 rings (SSSR count). The van der Waals surface area contributed by atoms with E-state index < -0.39 is 21.8 Å². The van der Waals surface area contributed by atoms with Gasteiger partial charge in [-0.05, 0) is 121 Å². The Bertz CT molecular complexity index is 2100. The maximum atomic E-state index is 13.9. The van der Waals surface area contributed by atoms with Gasteiger partial charge in [-0.2, -0.15) is 0 Å². The Morgan fingerprint density at radius 3 is 1.00 bits per heavy atom. The first-order valence-electron chi connectivity index (χ1n) is 15.8. The molecule has 9 heteroatoms. The molecular formula is C42H32N2O6S. The van der Waals surface area contributed by atoms with Crippen LogP contribution in [0.25, 0.3) is 0 Å². The largest absolute Gasteiger partial charge is 0.423 e. The van der Waals surface area contributed by atoms with Gasteiger partial charge in [0, 0.05) is 46.3 Å². The summed E-state index contributed by atoms with van der Waals surface area (Å²) in [6, 6.07) is 46.7. The molecule has 0 aliphatic heterocycles. The molecule has 0 saturated heterocycles. The number of carbonyl (C=O) groups excluding carboxylic acids is 2. The Hall–Kier alpha value is -6.71. The van der Waals surface area contributed by atoms with Gasteiger partial charge in [0.2, 0.25) is 9.84 Å². The van der Waals surface area contributed by atoms with Crippen molar-refractivity contribution in [3.63, 3.8) is 0 Å². The Morgan fingerprint density at radius 1 is 0.431 bits per heavy atom. The molecule has 0 aromatic heterocycles. The van der Waals surface area contributed by atoms with E-state index in [0.717, 1.165) is 46.3 Å². The van der Waals surface area contributed by atoms with Gasteiger partial charge < -0.3 is 19.3 Å². The van der Waals surface area contributed by atoms with Crippen LogP contribution in [0.15, 0.2) is 193 Å². The fourth-order valence-corrected chi connectivity index (χ4v) is 6.64. The summed E-state index contributed by atoms with van der Waals surface area (Å²) in [6.07, 6.45) is 2.20. The van der Waals surface area contributed by atoms with E-state index in [1.54, 1.807) is 72.8 Å². The summed E-state index contributed by atoms with van der Waals surface area (Å²) >= 11 is 0. The average molecular weight is 693 g/mol. The Morgan fingerprint density at radius 2 is 0.706 bits per heavy atom. The number of para-hydroxylation sites is 2. The molecule has 0 saturated carbocycles. The van der Waals surface area contributed by atoms with Crippen molar-refractivity contribution in [1.82, 2.24) is 0 Å². The first-order valence-corrected chi connectivity index (χ1v) is 17.3. The maximum absolute atomic E-state index is 13.9.